The molecule has 0 N–H and O–H groups in total. The highest BCUT2D eigenvalue weighted by Crippen LogP contribution is 2.32. The zero-order valence-corrected chi connectivity index (χ0v) is 16.2. The van der Waals surface area contributed by atoms with E-state index in [-0.39, 0.29) is 5.91 Å². The maximum atomic E-state index is 12.6. The summed E-state index contributed by atoms with van der Waals surface area (Å²) in [4.78, 5) is 14.6. The molecule has 1 fully saturated rings. The largest absolute Gasteiger partial charge is 0.337 e. The van der Waals surface area contributed by atoms with Crippen molar-refractivity contribution in [3.63, 3.8) is 0 Å². The van der Waals surface area contributed by atoms with E-state index in [9.17, 15) is 4.79 Å². The first kappa shape index (κ1) is 17.6. The highest BCUT2D eigenvalue weighted by atomic mass is 32.2. The van der Waals surface area contributed by atoms with Crippen LogP contribution in [0.25, 0.3) is 0 Å². The van der Waals surface area contributed by atoms with E-state index in [1.165, 1.54) is 55.0 Å². The fourth-order valence-corrected chi connectivity index (χ4v) is 4.92. The maximum absolute atomic E-state index is 12.6. The van der Waals surface area contributed by atoms with Crippen LogP contribution in [-0.2, 0) is 24.8 Å². The molecule has 0 saturated heterocycles. The van der Waals surface area contributed by atoms with Crippen molar-refractivity contribution in [1.82, 2.24) is 19.7 Å². The minimum Gasteiger partial charge on any atom is -0.337 e. The van der Waals surface area contributed by atoms with Crippen LogP contribution >= 0.6 is 11.8 Å². The average molecular weight is 371 g/mol. The summed E-state index contributed by atoms with van der Waals surface area (Å²) < 4.78 is 2.10. The van der Waals surface area contributed by atoms with E-state index in [2.05, 4.69) is 33.0 Å². The molecule has 4 rings (SSSR count). The number of hydrogen-bond acceptors (Lipinski definition) is 4. The van der Waals surface area contributed by atoms with Gasteiger partial charge in [0, 0.05) is 26.1 Å². The van der Waals surface area contributed by atoms with Crippen LogP contribution in [0.1, 0.15) is 55.0 Å². The highest BCUT2D eigenvalue weighted by molar-refractivity contribution is 7.99. The normalized spacial score (nSPS) is 18.0. The maximum Gasteiger partial charge on any atom is 0.233 e. The van der Waals surface area contributed by atoms with E-state index in [1.54, 1.807) is 0 Å². The second-order valence-electron chi connectivity index (χ2n) is 7.36. The van der Waals surface area contributed by atoms with Crippen LogP contribution in [0.4, 0.5) is 0 Å². The van der Waals surface area contributed by atoms with Crippen molar-refractivity contribution in [2.24, 2.45) is 7.05 Å². The van der Waals surface area contributed by atoms with Gasteiger partial charge in [-0.1, -0.05) is 55.3 Å². The molecule has 1 saturated carbocycles. The molecule has 0 radical (unpaired) electrons. The summed E-state index contributed by atoms with van der Waals surface area (Å²) in [7, 11) is 2.04. The second-order valence-corrected chi connectivity index (χ2v) is 8.30. The van der Waals surface area contributed by atoms with Crippen molar-refractivity contribution in [2.45, 2.75) is 56.1 Å². The van der Waals surface area contributed by atoms with Crippen molar-refractivity contribution < 1.29 is 4.79 Å². The number of hydrogen-bond donors (Lipinski definition) is 0. The zero-order valence-electron chi connectivity index (χ0n) is 15.4. The summed E-state index contributed by atoms with van der Waals surface area (Å²) in [5.74, 6) is 2.24. The number of nitrogens with zero attached hydrogens (tertiary/aromatic N) is 4. The van der Waals surface area contributed by atoms with Crippen LogP contribution in [0, 0.1) is 0 Å². The van der Waals surface area contributed by atoms with Gasteiger partial charge in [0.05, 0.1) is 5.75 Å². The summed E-state index contributed by atoms with van der Waals surface area (Å²) in [6.07, 6.45) is 7.28. The Morgan fingerprint density at radius 1 is 1.15 bits per heavy atom. The molecule has 0 spiro atoms. The molecular formula is C20H26N4OS. The molecule has 0 unspecified atom stereocenters. The number of aromatic nitrogens is 3. The van der Waals surface area contributed by atoms with Gasteiger partial charge >= 0.3 is 0 Å². The third-order valence-corrected chi connectivity index (χ3v) is 6.65. The molecule has 2 heterocycles. The molecule has 2 aromatic rings. The van der Waals surface area contributed by atoms with Crippen LogP contribution in [-0.4, -0.2) is 37.9 Å². The Labute approximate surface area is 159 Å². The Bertz CT molecular complexity index is 782. The Morgan fingerprint density at radius 2 is 1.92 bits per heavy atom. The van der Waals surface area contributed by atoms with E-state index in [0.29, 0.717) is 11.7 Å². The zero-order chi connectivity index (χ0) is 17.9. The molecule has 0 atom stereocenters. The lowest BCUT2D eigenvalue weighted by Gasteiger charge is -2.28. The summed E-state index contributed by atoms with van der Waals surface area (Å²) in [6, 6.07) is 8.41. The van der Waals surface area contributed by atoms with Gasteiger partial charge in [0.25, 0.3) is 0 Å². The van der Waals surface area contributed by atoms with Gasteiger partial charge in [-0.3, -0.25) is 4.79 Å². The molecule has 1 aliphatic carbocycles. The Kier molecular flexibility index (Phi) is 5.29. The number of carbonyl (C=O) groups is 1. The molecule has 138 valence electrons. The van der Waals surface area contributed by atoms with Crippen LogP contribution in [0.5, 0.6) is 0 Å². The SMILES string of the molecule is Cn1c(SCC(=O)N2CCc3ccccc3C2)nnc1C1CCCCC1. The van der Waals surface area contributed by atoms with Crippen molar-refractivity contribution in [1.29, 1.82) is 0 Å². The van der Waals surface area contributed by atoms with Gasteiger partial charge < -0.3 is 9.47 Å². The Balaban J connectivity index is 1.36. The quantitative estimate of drug-likeness (QED) is 0.773. The lowest BCUT2D eigenvalue weighted by atomic mass is 9.89. The predicted octanol–water partition coefficient (Wildman–Crippen LogP) is 3.54. The number of amides is 1. The molecular weight excluding hydrogens is 344 g/mol. The number of fused-ring (bicyclic) bond motifs is 1. The molecule has 1 aliphatic heterocycles. The van der Waals surface area contributed by atoms with E-state index >= 15 is 0 Å². The highest BCUT2D eigenvalue weighted by Gasteiger charge is 2.24. The number of benzene rings is 1. The number of carbonyl (C=O) groups excluding carboxylic acids is 1. The predicted molar refractivity (Wildman–Crippen MR) is 103 cm³/mol. The molecule has 1 aromatic carbocycles. The van der Waals surface area contributed by atoms with Gasteiger partial charge in [0.15, 0.2) is 5.16 Å². The van der Waals surface area contributed by atoms with E-state index in [4.69, 9.17) is 0 Å². The first-order chi connectivity index (χ1) is 12.7. The van der Waals surface area contributed by atoms with Crippen LogP contribution in [0.15, 0.2) is 29.4 Å². The number of thioether (sulfide) groups is 1. The minimum atomic E-state index is 0.187. The fourth-order valence-electron chi connectivity index (χ4n) is 4.09. The van der Waals surface area contributed by atoms with E-state index in [1.807, 2.05) is 18.0 Å². The first-order valence-corrected chi connectivity index (χ1v) is 10.6. The van der Waals surface area contributed by atoms with E-state index in [0.717, 1.165) is 30.5 Å². The minimum absolute atomic E-state index is 0.187. The Hall–Kier alpha value is -1.82. The summed E-state index contributed by atoms with van der Waals surface area (Å²) in [5.41, 5.74) is 2.64. The van der Waals surface area contributed by atoms with Crippen molar-refractivity contribution in [2.75, 3.05) is 12.3 Å². The molecule has 2 aliphatic rings. The lowest BCUT2D eigenvalue weighted by Crippen LogP contribution is -2.37. The third-order valence-electron chi connectivity index (χ3n) is 5.65. The molecule has 5 nitrogen and oxygen atoms in total. The third kappa shape index (κ3) is 3.65. The van der Waals surface area contributed by atoms with E-state index < -0.39 is 0 Å². The van der Waals surface area contributed by atoms with Crippen LogP contribution in [0.3, 0.4) is 0 Å². The summed E-state index contributed by atoms with van der Waals surface area (Å²) in [6.45, 7) is 1.53. The standard InChI is InChI=1S/C20H26N4OS/c1-23-19(16-8-3-2-4-9-16)21-22-20(23)26-14-18(25)24-12-11-15-7-5-6-10-17(15)13-24/h5-7,10,16H,2-4,8-9,11-14H2,1H3. The monoisotopic (exact) mass is 370 g/mol. The first-order valence-electron chi connectivity index (χ1n) is 9.59. The van der Waals surface area contributed by atoms with Gasteiger partial charge in [-0.2, -0.15) is 0 Å². The summed E-state index contributed by atoms with van der Waals surface area (Å²) >= 11 is 1.51. The molecule has 0 bridgehead atoms. The van der Waals surface area contributed by atoms with Gasteiger partial charge in [0.1, 0.15) is 5.82 Å². The molecule has 26 heavy (non-hydrogen) atoms. The smallest absolute Gasteiger partial charge is 0.233 e. The molecule has 6 heteroatoms. The van der Waals surface area contributed by atoms with Gasteiger partial charge in [-0.15, -0.1) is 10.2 Å². The lowest BCUT2D eigenvalue weighted by molar-refractivity contribution is -0.129. The Morgan fingerprint density at radius 3 is 2.73 bits per heavy atom. The summed E-state index contributed by atoms with van der Waals surface area (Å²) in [5, 5.41) is 9.63. The van der Waals surface area contributed by atoms with Crippen LogP contribution in [0.2, 0.25) is 0 Å². The topological polar surface area (TPSA) is 51.0 Å². The second kappa shape index (κ2) is 7.82. The fraction of sp³-hybridized carbons (Fsp3) is 0.550. The molecule has 1 aromatic heterocycles. The van der Waals surface area contributed by atoms with Gasteiger partial charge in [0.2, 0.25) is 5.91 Å². The van der Waals surface area contributed by atoms with Crippen molar-refractivity contribution in [3.8, 4) is 0 Å². The number of rotatable bonds is 4. The van der Waals surface area contributed by atoms with Gasteiger partial charge in [-0.25, -0.2) is 0 Å². The van der Waals surface area contributed by atoms with Crippen molar-refractivity contribution >= 4 is 17.7 Å². The van der Waals surface area contributed by atoms with Crippen LogP contribution < -0.4 is 0 Å². The van der Waals surface area contributed by atoms with Crippen molar-refractivity contribution in [3.05, 3.63) is 41.2 Å². The van der Waals surface area contributed by atoms with Gasteiger partial charge in [-0.05, 0) is 30.4 Å². The average Bonchev–Trinajstić information content (AvgIpc) is 3.07. The molecule has 1 amide bonds.